The van der Waals surface area contributed by atoms with Crippen LogP contribution < -0.4 is 4.74 Å². The Bertz CT molecular complexity index is 2090. The number of aryl methyl sites for hydroxylation is 2. The van der Waals surface area contributed by atoms with Gasteiger partial charge in [0.25, 0.3) is 5.91 Å². The maximum Gasteiger partial charge on any atom is 0.411 e. The fraction of sp³-hybridized carbons (Fsp3) is 0.500. The Morgan fingerprint density at radius 1 is 0.814 bits per heavy atom. The monoisotopic (exact) mass is 885 g/mol. The molecule has 59 heavy (non-hydrogen) atoms. The van der Waals surface area contributed by atoms with Gasteiger partial charge < -0.3 is 24.0 Å². The van der Waals surface area contributed by atoms with Crippen LogP contribution in [0.25, 0.3) is 5.57 Å². The third-order valence-electron chi connectivity index (χ3n) is 11.4. The van der Waals surface area contributed by atoms with Crippen LogP contribution in [0.15, 0.2) is 66.2 Å². The third kappa shape index (κ3) is 10.5. The van der Waals surface area contributed by atoms with Crippen LogP contribution >= 0.6 is 46.4 Å². The van der Waals surface area contributed by atoms with Gasteiger partial charge in [-0.2, -0.15) is 0 Å². The van der Waals surface area contributed by atoms with Gasteiger partial charge in [-0.3, -0.25) is 9.69 Å². The average Bonchev–Trinajstić information content (AvgIpc) is 3.99. The van der Waals surface area contributed by atoms with Crippen LogP contribution in [0.3, 0.4) is 0 Å². The van der Waals surface area contributed by atoms with Gasteiger partial charge in [-0.05, 0) is 126 Å². The van der Waals surface area contributed by atoms with Gasteiger partial charge in [0.05, 0.1) is 18.7 Å². The van der Waals surface area contributed by atoms with Gasteiger partial charge in [-0.1, -0.05) is 101 Å². The van der Waals surface area contributed by atoms with E-state index in [-0.39, 0.29) is 31.5 Å². The number of halogens is 4. The third-order valence-corrected chi connectivity index (χ3v) is 13.1. The molecule has 2 heterocycles. The molecule has 1 saturated heterocycles. The molecule has 3 amide bonds. The molecule has 6 rings (SSSR count). The van der Waals surface area contributed by atoms with E-state index in [9.17, 15) is 9.59 Å². The highest BCUT2D eigenvalue weighted by Crippen LogP contribution is 2.44. The van der Waals surface area contributed by atoms with E-state index in [0.717, 1.165) is 52.0 Å². The summed E-state index contributed by atoms with van der Waals surface area (Å²) in [7, 11) is 0. The second kappa shape index (κ2) is 17.8. The molecule has 9 nitrogen and oxygen atoms in total. The molecule has 3 aromatic rings. The van der Waals surface area contributed by atoms with E-state index in [1.54, 1.807) is 30.6 Å². The van der Waals surface area contributed by atoms with Crippen LogP contribution in [0.1, 0.15) is 87.3 Å². The van der Waals surface area contributed by atoms with Crippen molar-refractivity contribution >= 4 is 70.1 Å². The summed E-state index contributed by atoms with van der Waals surface area (Å²) < 4.78 is 16.1. The van der Waals surface area contributed by atoms with Gasteiger partial charge in [0.15, 0.2) is 5.60 Å². The second-order valence-electron chi connectivity index (χ2n) is 17.5. The molecule has 1 aliphatic carbocycles. The molecule has 1 saturated carbocycles. The number of rotatable bonds is 11. The van der Waals surface area contributed by atoms with Crippen molar-refractivity contribution < 1.29 is 28.6 Å². The molecule has 0 spiro atoms. The maximum atomic E-state index is 15.4. The SMILES string of the molecule is Cc1ccc(C)c(OCCc2ccc(C3=C(C(=O)N(CCc4ccccc4Cl)C4CC4)C4CN(C(=O)OC(C)(C)C)CC(C3)N4C(=O)OC(C)(C)C(Cl)(Cl)Cl)cc2)c1C. The van der Waals surface area contributed by atoms with E-state index in [1.807, 2.05) is 41.3 Å². The van der Waals surface area contributed by atoms with Crippen molar-refractivity contribution in [3.05, 3.63) is 105 Å². The molecule has 13 heteroatoms. The Labute approximate surface area is 368 Å². The van der Waals surface area contributed by atoms with Crippen molar-refractivity contribution in [3.63, 3.8) is 0 Å². The lowest BCUT2D eigenvalue weighted by Gasteiger charge is -2.51. The van der Waals surface area contributed by atoms with Crippen molar-refractivity contribution in [2.45, 2.75) is 121 Å². The molecule has 0 radical (unpaired) electrons. The molecule has 3 aromatic carbocycles. The zero-order chi connectivity index (χ0) is 43.0. The molecular formula is C46H55Cl4N3O6. The Kier molecular flexibility index (Phi) is 13.5. The summed E-state index contributed by atoms with van der Waals surface area (Å²) in [6.45, 7) is 15.7. The van der Waals surface area contributed by atoms with Crippen molar-refractivity contribution in [1.29, 1.82) is 0 Å². The molecule has 2 unspecified atom stereocenters. The number of piperazine rings is 1. The molecule has 0 N–H and O–H groups in total. The predicted octanol–water partition coefficient (Wildman–Crippen LogP) is 10.9. The second-order valence-corrected chi connectivity index (χ2v) is 20.1. The smallest absolute Gasteiger partial charge is 0.411 e. The van der Waals surface area contributed by atoms with Crippen LogP contribution in [-0.4, -0.2) is 92.2 Å². The van der Waals surface area contributed by atoms with Gasteiger partial charge in [0.2, 0.25) is 3.79 Å². The number of hydrogen-bond donors (Lipinski definition) is 0. The molecular weight excluding hydrogens is 832 g/mol. The number of amides is 3. The lowest BCUT2D eigenvalue weighted by Crippen LogP contribution is -2.66. The quantitative estimate of drug-likeness (QED) is 0.178. The van der Waals surface area contributed by atoms with Crippen LogP contribution in [0.5, 0.6) is 5.75 Å². The highest BCUT2D eigenvalue weighted by molar-refractivity contribution is 6.68. The molecule has 2 atom stereocenters. The summed E-state index contributed by atoms with van der Waals surface area (Å²) in [6.07, 6.45) is 1.93. The van der Waals surface area contributed by atoms with E-state index < -0.39 is 39.3 Å². The minimum absolute atomic E-state index is 0.00445. The van der Waals surface area contributed by atoms with Crippen molar-refractivity contribution in [3.8, 4) is 5.75 Å². The Balaban J connectivity index is 1.39. The number of alkyl halides is 3. The zero-order valence-electron chi connectivity index (χ0n) is 35.2. The summed E-state index contributed by atoms with van der Waals surface area (Å²) in [6, 6.07) is 18.5. The van der Waals surface area contributed by atoms with Gasteiger partial charge in [-0.25, -0.2) is 9.59 Å². The summed E-state index contributed by atoms with van der Waals surface area (Å²) in [5, 5.41) is 0.636. The first-order valence-electron chi connectivity index (χ1n) is 20.3. The van der Waals surface area contributed by atoms with Crippen molar-refractivity contribution in [2.24, 2.45) is 0 Å². The van der Waals surface area contributed by atoms with Gasteiger partial charge >= 0.3 is 12.2 Å². The van der Waals surface area contributed by atoms with Gasteiger partial charge in [0.1, 0.15) is 11.4 Å². The number of carbonyl (C=O) groups is 3. The molecule has 318 valence electrons. The molecule has 3 aliphatic rings. The van der Waals surface area contributed by atoms with Crippen molar-refractivity contribution in [2.75, 3.05) is 26.2 Å². The number of ether oxygens (including phenoxy) is 3. The number of nitrogens with zero attached hydrogens (tertiary/aromatic N) is 3. The van der Waals surface area contributed by atoms with Gasteiger partial charge in [0, 0.05) is 42.7 Å². The Morgan fingerprint density at radius 2 is 1.47 bits per heavy atom. The van der Waals surface area contributed by atoms with Crippen molar-refractivity contribution in [1.82, 2.24) is 14.7 Å². The van der Waals surface area contributed by atoms with E-state index >= 15 is 4.79 Å². The Hall–Kier alpha value is -3.63. The maximum absolute atomic E-state index is 15.4. The van der Waals surface area contributed by atoms with Gasteiger partial charge in [-0.15, -0.1) is 0 Å². The van der Waals surface area contributed by atoms with E-state index in [4.69, 9.17) is 60.6 Å². The first-order chi connectivity index (χ1) is 27.6. The lowest BCUT2D eigenvalue weighted by atomic mass is 9.81. The minimum atomic E-state index is -1.94. The highest BCUT2D eigenvalue weighted by atomic mass is 35.6. The van der Waals surface area contributed by atoms with E-state index in [1.165, 1.54) is 19.4 Å². The normalized spacial score (nSPS) is 18.4. The lowest BCUT2D eigenvalue weighted by molar-refractivity contribution is -0.129. The number of hydrogen-bond acceptors (Lipinski definition) is 6. The van der Waals surface area contributed by atoms with E-state index in [2.05, 4.69) is 45.0 Å². The first kappa shape index (κ1) is 44.9. The summed E-state index contributed by atoms with van der Waals surface area (Å²) in [5.74, 6) is 0.711. The molecule has 2 fully saturated rings. The Morgan fingerprint density at radius 3 is 2.10 bits per heavy atom. The van der Waals surface area contributed by atoms with Crippen LogP contribution in [0, 0.1) is 20.8 Å². The molecule has 2 bridgehead atoms. The number of benzene rings is 3. The predicted molar refractivity (Wildman–Crippen MR) is 236 cm³/mol. The zero-order valence-corrected chi connectivity index (χ0v) is 38.2. The highest BCUT2D eigenvalue weighted by Gasteiger charge is 2.52. The minimum Gasteiger partial charge on any atom is -0.493 e. The largest absolute Gasteiger partial charge is 0.493 e. The van der Waals surface area contributed by atoms with Crippen LogP contribution in [-0.2, 0) is 27.1 Å². The van der Waals surface area contributed by atoms with Crippen LogP contribution in [0.2, 0.25) is 5.02 Å². The molecule has 0 aromatic heterocycles. The summed E-state index contributed by atoms with van der Waals surface area (Å²) in [4.78, 5) is 48.5. The first-order valence-corrected chi connectivity index (χ1v) is 21.8. The number of fused-ring (bicyclic) bond motifs is 2. The number of carbonyl (C=O) groups excluding carboxylic acids is 3. The topological polar surface area (TPSA) is 88.6 Å². The average molecular weight is 888 g/mol. The fourth-order valence-corrected chi connectivity index (χ4v) is 8.10. The standard InChI is InChI=1S/C46H55Cl4N3O6/c1-28-13-14-29(2)40(30(28)3)57-24-22-31-15-17-32(18-16-31)36-25-35-26-51(42(55)58-44(4,5)6)27-38(53(35)43(56)59-45(7,8)46(48,49)50)39(36)41(54)52(34-19-20-34)23-21-33-11-9-10-12-37(33)47/h9-18,34-35,38H,19-27H2,1-8H3. The summed E-state index contributed by atoms with van der Waals surface area (Å²) >= 11 is 25.4. The van der Waals surface area contributed by atoms with E-state index in [0.29, 0.717) is 36.6 Å². The molecule has 2 aliphatic heterocycles. The summed E-state index contributed by atoms with van der Waals surface area (Å²) in [5.41, 5.74) is 5.25. The fourth-order valence-electron chi connectivity index (χ4n) is 7.76. The van der Waals surface area contributed by atoms with Crippen LogP contribution in [0.4, 0.5) is 9.59 Å².